The van der Waals surface area contributed by atoms with Gasteiger partial charge in [-0.05, 0) is 37.0 Å². The van der Waals surface area contributed by atoms with Crippen molar-refractivity contribution in [3.05, 3.63) is 29.8 Å². The highest BCUT2D eigenvalue weighted by atomic mass is 16.4. The molecule has 3 N–H and O–H groups in total. The summed E-state index contributed by atoms with van der Waals surface area (Å²) in [7, 11) is 0. The molecule has 86 valence electrons. The molecule has 0 aromatic heterocycles. The van der Waals surface area contributed by atoms with E-state index in [1.165, 1.54) is 0 Å². The first kappa shape index (κ1) is 11.0. The number of carboxylic acids is 1. The summed E-state index contributed by atoms with van der Waals surface area (Å²) in [6.45, 7) is 0.792. The van der Waals surface area contributed by atoms with E-state index >= 15 is 0 Å². The van der Waals surface area contributed by atoms with Gasteiger partial charge in [0.1, 0.15) is 0 Å². The second-order valence-electron chi connectivity index (χ2n) is 4.26. The fourth-order valence-corrected chi connectivity index (χ4v) is 1.89. The van der Waals surface area contributed by atoms with Crippen LogP contribution in [0.25, 0.3) is 0 Å². The van der Waals surface area contributed by atoms with Crippen LogP contribution in [0.1, 0.15) is 23.2 Å². The molecule has 0 atom stereocenters. The van der Waals surface area contributed by atoms with Crippen LogP contribution in [0.3, 0.4) is 0 Å². The van der Waals surface area contributed by atoms with Crippen molar-refractivity contribution in [2.24, 2.45) is 5.92 Å². The minimum absolute atomic E-state index is 0.142. The maximum Gasteiger partial charge on any atom is 0.335 e. The SMILES string of the molecule is O=C(O)c1cccc(NCC2CC(O)C2)c1. The lowest BCUT2D eigenvalue weighted by molar-refractivity contribution is 0.0487. The highest BCUT2D eigenvalue weighted by molar-refractivity contribution is 5.88. The van der Waals surface area contributed by atoms with Crippen molar-refractivity contribution in [1.29, 1.82) is 0 Å². The largest absolute Gasteiger partial charge is 0.478 e. The van der Waals surface area contributed by atoms with Crippen LogP contribution in [-0.4, -0.2) is 28.8 Å². The van der Waals surface area contributed by atoms with Crippen molar-refractivity contribution in [3.63, 3.8) is 0 Å². The Kier molecular flexibility index (Phi) is 3.10. The number of aromatic carboxylic acids is 1. The Bertz CT molecular complexity index is 386. The van der Waals surface area contributed by atoms with Gasteiger partial charge in [-0.1, -0.05) is 6.07 Å². The first-order chi connectivity index (χ1) is 7.65. The number of rotatable bonds is 4. The first-order valence-electron chi connectivity index (χ1n) is 5.40. The minimum atomic E-state index is -0.914. The second kappa shape index (κ2) is 4.53. The average Bonchev–Trinajstić information content (AvgIpc) is 2.23. The van der Waals surface area contributed by atoms with Gasteiger partial charge < -0.3 is 15.5 Å². The van der Waals surface area contributed by atoms with Crippen molar-refractivity contribution in [2.75, 3.05) is 11.9 Å². The lowest BCUT2D eigenvalue weighted by Gasteiger charge is -2.31. The molecule has 0 aliphatic heterocycles. The Morgan fingerprint density at radius 1 is 1.44 bits per heavy atom. The molecule has 1 aliphatic carbocycles. The number of aliphatic hydroxyl groups excluding tert-OH is 1. The van der Waals surface area contributed by atoms with Crippen molar-refractivity contribution in [3.8, 4) is 0 Å². The monoisotopic (exact) mass is 221 g/mol. The van der Waals surface area contributed by atoms with E-state index in [4.69, 9.17) is 10.2 Å². The lowest BCUT2D eigenvalue weighted by Crippen LogP contribution is -2.33. The molecule has 1 aromatic carbocycles. The molecule has 0 unspecified atom stereocenters. The number of hydrogen-bond acceptors (Lipinski definition) is 3. The van der Waals surface area contributed by atoms with Gasteiger partial charge in [0.2, 0.25) is 0 Å². The quantitative estimate of drug-likeness (QED) is 0.721. The molecule has 1 aliphatic rings. The number of hydrogen-bond donors (Lipinski definition) is 3. The number of benzene rings is 1. The van der Waals surface area contributed by atoms with E-state index in [0.717, 1.165) is 25.1 Å². The van der Waals surface area contributed by atoms with Crippen molar-refractivity contribution in [1.82, 2.24) is 0 Å². The molecule has 2 rings (SSSR count). The number of anilines is 1. The Hall–Kier alpha value is -1.55. The topological polar surface area (TPSA) is 69.6 Å². The Morgan fingerprint density at radius 3 is 2.81 bits per heavy atom. The third-order valence-electron chi connectivity index (χ3n) is 2.92. The molecule has 0 saturated heterocycles. The van der Waals surface area contributed by atoms with Gasteiger partial charge in [0, 0.05) is 12.2 Å². The Morgan fingerprint density at radius 2 is 2.19 bits per heavy atom. The van der Waals surface area contributed by atoms with E-state index in [-0.39, 0.29) is 6.10 Å². The first-order valence-corrected chi connectivity index (χ1v) is 5.40. The number of carbonyl (C=O) groups is 1. The molecule has 0 radical (unpaired) electrons. The minimum Gasteiger partial charge on any atom is -0.478 e. The summed E-state index contributed by atoms with van der Waals surface area (Å²) < 4.78 is 0. The molecular formula is C12H15NO3. The summed E-state index contributed by atoms with van der Waals surface area (Å²) >= 11 is 0. The molecule has 1 fully saturated rings. The highest BCUT2D eigenvalue weighted by Crippen LogP contribution is 2.27. The predicted octanol–water partition coefficient (Wildman–Crippen LogP) is 1.57. The van der Waals surface area contributed by atoms with Crippen LogP contribution >= 0.6 is 0 Å². The van der Waals surface area contributed by atoms with Crippen LogP contribution in [-0.2, 0) is 0 Å². The van der Waals surface area contributed by atoms with Crippen LogP contribution in [0.4, 0.5) is 5.69 Å². The van der Waals surface area contributed by atoms with Gasteiger partial charge in [-0.15, -0.1) is 0 Å². The predicted molar refractivity (Wildman–Crippen MR) is 60.6 cm³/mol. The second-order valence-corrected chi connectivity index (χ2v) is 4.26. The molecule has 0 spiro atoms. The lowest BCUT2D eigenvalue weighted by atomic mass is 9.82. The molecule has 1 aromatic rings. The number of nitrogens with one attached hydrogen (secondary N) is 1. The molecular weight excluding hydrogens is 206 g/mol. The summed E-state index contributed by atoms with van der Waals surface area (Å²) in [5, 5.41) is 21.1. The molecule has 0 bridgehead atoms. The zero-order valence-electron chi connectivity index (χ0n) is 8.89. The number of aliphatic hydroxyl groups is 1. The smallest absolute Gasteiger partial charge is 0.335 e. The molecule has 1 saturated carbocycles. The Labute approximate surface area is 93.9 Å². The maximum atomic E-state index is 10.7. The summed E-state index contributed by atoms with van der Waals surface area (Å²) in [5.41, 5.74) is 1.11. The third kappa shape index (κ3) is 2.52. The fraction of sp³-hybridized carbons (Fsp3) is 0.417. The van der Waals surface area contributed by atoms with E-state index in [1.807, 2.05) is 6.07 Å². The van der Waals surface area contributed by atoms with Gasteiger partial charge in [0.05, 0.1) is 11.7 Å². The van der Waals surface area contributed by atoms with Gasteiger partial charge in [-0.3, -0.25) is 0 Å². The zero-order valence-corrected chi connectivity index (χ0v) is 8.89. The van der Waals surface area contributed by atoms with Crippen molar-refractivity contribution >= 4 is 11.7 Å². The average molecular weight is 221 g/mol. The van der Waals surface area contributed by atoms with Gasteiger partial charge in [-0.2, -0.15) is 0 Å². The van der Waals surface area contributed by atoms with Crippen molar-refractivity contribution < 1.29 is 15.0 Å². The molecule has 0 heterocycles. The van der Waals surface area contributed by atoms with Crippen LogP contribution in [0.15, 0.2) is 24.3 Å². The summed E-state index contributed by atoms with van der Waals surface area (Å²) in [5.74, 6) is -0.411. The molecule has 4 heteroatoms. The zero-order chi connectivity index (χ0) is 11.5. The third-order valence-corrected chi connectivity index (χ3v) is 2.92. The van der Waals surface area contributed by atoms with E-state index in [0.29, 0.717) is 11.5 Å². The summed E-state index contributed by atoms with van der Waals surface area (Å²) in [6.07, 6.45) is 1.54. The van der Waals surface area contributed by atoms with Crippen LogP contribution in [0.5, 0.6) is 0 Å². The summed E-state index contributed by atoms with van der Waals surface area (Å²) in [6, 6.07) is 6.76. The van der Waals surface area contributed by atoms with Crippen molar-refractivity contribution in [2.45, 2.75) is 18.9 Å². The fourth-order valence-electron chi connectivity index (χ4n) is 1.89. The van der Waals surface area contributed by atoms with Crippen LogP contribution in [0.2, 0.25) is 0 Å². The normalized spacial score (nSPS) is 23.6. The van der Waals surface area contributed by atoms with E-state index < -0.39 is 5.97 Å². The highest BCUT2D eigenvalue weighted by Gasteiger charge is 2.26. The Balaban J connectivity index is 1.89. The molecule has 4 nitrogen and oxygen atoms in total. The van der Waals surface area contributed by atoms with E-state index in [9.17, 15) is 4.79 Å². The maximum absolute atomic E-state index is 10.7. The van der Waals surface area contributed by atoms with Gasteiger partial charge in [0.15, 0.2) is 0 Å². The number of carboxylic acid groups (broad SMARTS) is 1. The van der Waals surface area contributed by atoms with E-state index in [2.05, 4.69) is 5.32 Å². The van der Waals surface area contributed by atoms with Gasteiger partial charge >= 0.3 is 5.97 Å². The summed E-state index contributed by atoms with van der Waals surface area (Å²) in [4.78, 5) is 10.7. The molecule has 0 amide bonds. The van der Waals surface area contributed by atoms with Gasteiger partial charge in [-0.25, -0.2) is 4.79 Å². The van der Waals surface area contributed by atoms with Gasteiger partial charge in [0.25, 0.3) is 0 Å². The van der Waals surface area contributed by atoms with Crippen LogP contribution < -0.4 is 5.32 Å². The van der Waals surface area contributed by atoms with Crippen LogP contribution in [0, 0.1) is 5.92 Å². The standard InChI is InChI=1S/C12H15NO3/c14-11-4-8(5-11)7-13-10-3-1-2-9(6-10)12(15)16/h1-3,6,8,11,13-14H,4-5,7H2,(H,15,16). The molecule has 16 heavy (non-hydrogen) atoms. The van der Waals surface area contributed by atoms with E-state index in [1.54, 1.807) is 18.2 Å².